The van der Waals surface area contributed by atoms with Crippen molar-refractivity contribution in [2.24, 2.45) is 5.73 Å². The lowest BCUT2D eigenvalue weighted by atomic mass is 10.1. The first-order valence-electron chi connectivity index (χ1n) is 4.16. The van der Waals surface area contributed by atoms with Gasteiger partial charge in [0.1, 0.15) is 11.5 Å². The summed E-state index contributed by atoms with van der Waals surface area (Å²) >= 11 is 0. The fourth-order valence-corrected chi connectivity index (χ4v) is 1.20. The van der Waals surface area contributed by atoms with Crippen LogP contribution >= 0.6 is 12.4 Å². The molecular weight excluding hydrogens is 202 g/mol. The minimum atomic E-state index is -0.0509. The Morgan fingerprint density at radius 2 is 1.86 bits per heavy atom. The molecule has 0 heterocycles. The fraction of sp³-hybridized carbons (Fsp3) is 0.400. The minimum absolute atomic E-state index is 0. The summed E-state index contributed by atoms with van der Waals surface area (Å²) < 4.78 is 10.3. The molecule has 2 N–H and O–H groups in total. The van der Waals surface area contributed by atoms with Gasteiger partial charge in [0.25, 0.3) is 0 Å². The summed E-state index contributed by atoms with van der Waals surface area (Å²) in [6.45, 7) is 1.91. The first-order chi connectivity index (χ1) is 6.19. The number of rotatable bonds is 3. The normalized spacial score (nSPS) is 11.4. The molecule has 1 atom stereocenters. The molecule has 0 fully saturated rings. The van der Waals surface area contributed by atoms with Crippen molar-refractivity contribution in [3.05, 3.63) is 23.8 Å². The predicted octanol–water partition coefficient (Wildman–Crippen LogP) is 2.15. The molecule has 14 heavy (non-hydrogen) atoms. The first-order valence-corrected chi connectivity index (χ1v) is 4.16. The van der Waals surface area contributed by atoms with Crippen LogP contribution in [0, 0.1) is 0 Å². The number of methoxy groups -OCH3 is 2. The van der Waals surface area contributed by atoms with Gasteiger partial charge in [-0.15, -0.1) is 12.4 Å². The summed E-state index contributed by atoms with van der Waals surface area (Å²) in [6.07, 6.45) is 0. The molecule has 0 aliphatic rings. The van der Waals surface area contributed by atoms with Crippen LogP contribution in [0.2, 0.25) is 0 Å². The van der Waals surface area contributed by atoms with Crippen molar-refractivity contribution >= 4 is 12.4 Å². The number of hydrogen-bond acceptors (Lipinski definition) is 3. The van der Waals surface area contributed by atoms with Gasteiger partial charge in [0.05, 0.1) is 14.2 Å². The monoisotopic (exact) mass is 217 g/mol. The van der Waals surface area contributed by atoms with Crippen LogP contribution in [0.1, 0.15) is 18.5 Å². The Bertz CT molecular complexity index is 289. The quantitative estimate of drug-likeness (QED) is 0.844. The SMILES string of the molecule is COc1ccc(OC)c([C@H](C)N)c1.Cl. The van der Waals surface area contributed by atoms with E-state index in [4.69, 9.17) is 15.2 Å². The summed E-state index contributed by atoms with van der Waals surface area (Å²) in [5.74, 6) is 1.60. The molecule has 0 radical (unpaired) electrons. The molecule has 1 rings (SSSR count). The molecule has 1 aromatic rings. The largest absolute Gasteiger partial charge is 0.497 e. The van der Waals surface area contributed by atoms with Crippen molar-refractivity contribution in [1.29, 1.82) is 0 Å². The van der Waals surface area contributed by atoms with Crippen molar-refractivity contribution in [2.75, 3.05) is 14.2 Å². The van der Waals surface area contributed by atoms with Crippen molar-refractivity contribution in [3.63, 3.8) is 0 Å². The van der Waals surface area contributed by atoms with Crippen LogP contribution in [0.4, 0.5) is 0 Å². The number of halogens is 1. The third-order valence-electron chi connectivity index (χ3n) is 1.93. The summed E-state index contributed by atoms with van der Waals surface area (Å²) in [7, 11) is 3.26. The molecule has 0 saturated carbocycles. The Labute approximate surface area is 90.6 Å². The second-order valence-electron chi connectivity index (χ2n) is 2.90. The van der Waals surface area contributed by atoms with E-state index in [1.165, 1.54) is 0 Å². The van der Waals surface area contributed by atoms with Crippen molar-refractivity contribution in [1.82, 2.24) is 0 Å². The van der Waals surface area contributed by atoms with Crippen LogP contribution in [0.25, 0.3) is 0 Å². The van der Waals surface area contributed by atoms with E-state index < -0.39 is 0 Å². The molecule has 1 aromatic carbocycles. The second kappa shape index (κ2) is 5.73. The minimum Gasteiger partial charge on any atom is -0.497 e. The van der Waals surface area contributed by atoms with Gasteiger partial charge < -0.3 is 15.2 Å². The average molecular weight is 218 g/mol. The van der Waals surface area contributed by atoms with E-state index in [1.807, 2.05) is 25.1 Å². The average Bonchev–Trinajstić information content (AvgIpc) is 2.16. The Morgan fingerprint density at radius 3 is 2.29 bits per heavy atom. The van der Waals surface area contributed by atoms with Crippen LogP contribution < -0.4 is 15.2 Å². The summed E-state index contributed by atoms with van der Waals surface area (Å²) in [5.41, 5.74) is 6.74. The Hall–Kier alpha value is -0.930. The zero-order chi connectivity index (χ0) is 9.84. The third kappa shape index (κ3) is 2.79. The van der Waals surface area contributed by atoms with Crippen molar-refractivity contribution < 1.29 is 9.47 Å². The molecular formula is C10H16ClNO2. The van der Waals surface area contributed by atoms with Crippen LogP contribution in [0.5, 0.6) is 11.5 Å². The third-order valence-corrected chi connectivity index (χ3v) is 1.93. The van der Waals surface area contributed by atoms with Gasteiger partial charge in [-0.25, -0.2) is 0 Å². The molecule has 0 amide bonds. The fourth-order valence-electron chi connectivity index (χ4n) is 1.20. The molecule has 80 valence electrons. The summed E-state index contributed by atoms with van der Waals surface area (Å²) in [6, 6.07) is 5.55. The maximum atomic E-state index is 5.78. The van der Waals surface area contributed by atoms with Gasteiger partial charge >= 0.3 is 0 Å². The molecule has 0 bridgehead atoms. The lowest BCUT2D eigenvalue weighted by Gasteiger charge is -2.12. The zero-order valence-electron chi connectivity index (χ0n) is 8.61. The highest BCUT2D eigenvalue weighted by Gasteiger charge is 2.08. The lowest BCUT2D eigenvalue weighted by molar-refractivity contribution is 0.396. The summed E-state index contributed by atoms with van der Waals surface area (Å²) in [4.78, 5) is 0. The number of nitrogens with two attached hydrogens (primary N) is 1. The molecule has 0 aromatic heterocycles. The first kappa shape index (κ1) is 13.1. The van der Waals surface area contributed by atoms with Crippen LogP contribution in [0.3, 0.4) is 0 Å². The van der Waals surface area contributed by atoms with Crippen molar-refractivity contribution in [2.45, 2.75) is 13.0 Å². The zero-order valence-corrected chi connectivity index (χ0v) is 9.43. The van der Waals surface area contributed by atoms with Crippen LogP contribution in [-0.2, 0) is 0 Å². The topological polar surface area (TPSA) is 44.5 Å². The molecule has 0 aliphatic carbocycles. The standard InChI is InChI=1S/C10H15NO2.ClH/c1-7(11)9-6-8(12-2)4-5-10(9)13-3;/h4-7H,11H2,1-3H3;1H/t7-;/m0./s1. The van der Waals surface area contributed by atoms with Gasteiger partial charge in [-0.3, -0.25) is 0 Å². The molecule has 0 spiro atoms. The maximum Gasteiger partial charge on any atom is 0.123 e. The Kier molecular flexibility index (Phi) is 5.35. The number of ether oxygens (including phenoxy) is 2. The van der Waals surface area contributed by atoms with E-state index in [0.29, 0.717) is 0 Å². The van der Waals surface area contributed by atoms with Gasteiger partial charge in [-0.2, -0.15) is 0 Å². The molecule has 0 saturated heterocycles. The number of hydrogen-bond donors (Lipinski definition) is 1. The maximum absolute atomic E-state index is 5.78. The van der Waals surface area contributed by atoms with Crippen LogP contribution in [0.15, 0.2) is 18.2 Å². The van der Waals surface area contributed by atoms with E-state index in [0.717, 1.165) is 17.1 Å². The molecule has 4 heteroatoms. The highest BCUT2D eigenvalue weighted by molar-refractivity contribution is 5.85. The van der Waals surface area contributed by atoms with Crippen LogP contribution in [-0.4, -0.2) is 14.2 Å². The molecule has 0 aliphatic heterocycles. The van der Waals surface area contributed by atoms with Gasteiger partial charge in [0.2, 0.25) is 0 Å². The lowest BCUT2D eigenvalue weighted by Crippen LogP contribution is -2.07. The smallest absolute Gasteiger partial charge is 0.123 e. The highest BCUT2D eigenvalue weighted by atomic mass is 35.5. The summed E-state index contributed by atoms with van der Waals surface area (Å²) in [5, 5.41) is 0. The van der Waals surface area contributed by atoms with Crippen molar-refractivity contribution in [3.8, 4) is 11.5 Å². The Balaban J connectivity index is 0.00000169. The molecule has 3 nitrogen and oxygen atoms in total. The van der Waals surface area contributed by atoms with E-state index in [2.05, 4.69) is 0 Å². The van der Waals surface area contributed by atoms with E-state index in [-0.39, 0.29) is 18.4 Å². The van der Waals surface area contributed by atoms with Gasteiger partial charge in [-0.1, -0.05) is 0 Å². The van der Waals surface area contributed by atoms with E-state index >= 15 is 0 Å². The van der Waals surface area contributed by atoms with E-state index in [9.17, 15) is 0 Å². The predicted molar refractivity (Wildman–Crippen MR) is 59.4 cm³/mol. The van der Waals surface area contributed by atoms with Gasteiger partial charge in [0, 0.05) is 11.6 Å². The molecule has 0 unspecified atom stereocenters. The highest BCUT2D eigenvalue weighted by Crippen LogP contribution is 2.27. The van der Waals surface area contributed by atoms with Gasteiger partial charge in [-0.05, 0) is 25.1 Å². The van der Waals surface area contributed by atoms with Gasteiger partial charge in [0.15, 0.2) is 0 Å². The second-order valence-corrected chi connectivity index (χ2v) is 2.90. The Morgan fingerprint density at radius 1 is 1.21 bits per heavy atom. The van der Waals surface area contributed by atoms with E-state index in [1.54, 1.807) is 14.2 Å². The number of benzene rings is 1.